The van der Waals surface area contributed by atoms with Crippen molar-refractivity contribution >= 4 is 11.4 Å². The predicted octanol–water partition coefficient (Wildman–Crippen LogP) is 9.50. The third kappa shape index (κ3) is 5.36. The van der Waals surface area contributed by atoms with Crippen LogP contribution in [0.4, 0.5) is 11.4 Å². The Balaban J connectivity index is 1.58. The van der Waals surface area contributed by atoms with Gasteiger partial charge in [0.05, 0.1) is 11.4 Å². The van der Waals surface area contributed by atoms with E-state index in [9.17, 15) is 0 Å². The van der Waals surface area contributed by atoms with E-state index in [1.807, 2.05) is 14.1 Å². The molecule has 0 fully saturated rings. The van der Waals surface area contributed by atoms with E-state index >= 15 is 0 Å². The Morgan fingerprint density at radius 2 is 0.725 bits per heavy atom. The van der Waals surface area contributed by atoms with E-state index in [1.54, 1.807) is 0 Å². The Labute approximate surface area is 236 Å². The number of anilines is 2. The van der Waals surface area contributed by atoms with Gasteiger partial charge in [0.15, 0.2) is 0 Å². The molecule has 1 aromatic heterocycles. The maximum Gasteiger partial charge on any atom is 0.0716 e. The van der Waals surface area contributed by atoms with Gasteiger partial charge in [-0.2, -0.15) is 0 Å². The van der Waals surface area contributed by atoms with Gasteiger partial charge < -0.3 is 10.6 Å². The van der Waals surface area contributed by atoms with Crippen molar-refractivity contribution in [3.8, 4) is 55.9 Å². The normalized spacial score (nSPS) is 10.8. The molecule has 0 bridgehead atoms. The monoisotopic (exact) mass is 517 g/mol. The first-order valence-electron chi connectivity index (χ1n) is 13.5. The lowest BCUT2D eigenvalue weighted by Gasteiger charge is -2.14. The zero-order valence-corrected chi connectivity index (χ0v) is 22.7. The Hall–Kier alpha value is -5.15. The second-order valence-corrected chi connectivity index (χ2v) is 9.82. The number of nitrogens with zero attached hydrogens (tertiary/aromatic N) is 1. The molecular weight excluding hydrogens is 486 g/mol. The van der Waals surface area contributed by atoms with Crippen molar-refractivity contribution in [3.63, 3.8) is 0 Å². The minimum Gasteiger partial charge on any atom is -0.388 e. The van der Waals surface area contributed by atoms with Crippen LogP contribution in [0.15, 0.2) is 140 Å². The van der Waals surface area contributed by atoms with Gasteiger partial charge in [-0.1, -0.05) is 84.9 Å². The zero-order chi connectivity index (χ0) is 27.3. The highest BCUT2D eigenvalue weighted by Gasteiger charge is 2.13. The van der Waals surface area contributed by atoms with Crippen LogP contribution in [0.25, 0.3) is 55.9 Å². The van der Waals surface area contributed by atoms with E-state index in [1.165, 1.54) is 22.3 Å². The van der Waals surface area contributed by atoms with Crippen molar-refractivity contribution in [2.45, 2.75) is 0 Å². The molecule has 6 aromatic rings. The average molecular weight is 518 g/mol. The van der Waals surface area contributed by atoms with Gasteiger partial charge in [0.25, 0.3) is 0 Å². The van der Waals surface area contributed by atoms with Crippen molar-refractivity contribution in [1.82, 2.24) is 4.98 Å². The molecule has 0 spiro atoms. The molecule has 1 heterocycles. The van der Waals surface area contributed by atoms with Crippen LogP contribution in [0.3, 0.4) is 0 Å². The smallest absolute Gasteiger partial charge is 0.0716 e. The molecule has 0 atom stereocenters. The predicted molar refractivity (Wildman–Crippen MR) is 171 cm³/mol. The maximum absolute atomic E-state index is 5.16. The molecule has 6 rings (SSSR count). The Morgan fingerprint density at radius 1 is 0.350 bits per heavy atom. The molecular formula is C37H31N3. The SMILES string of the molecule is CNc1cccc(-c2cc(-c3cc(-c4ccccc4)cc(-c4ccccc4)c3)cc(-c3cccc(NC)c3)n2)c1. The van der Waals surface area contributed by atoms with Gasteiger partial charge in [-0.25, -0.2) is 4.98 Å². The summed E-state index contributed by atoms with van der Waals surface area (Å²) in [7, 11) is 3.88. The molecule has 194 valence electrons. The molecule has 0 saturated heterocycles. The first-order chi connectivity index (χ1) is 19.7. The van der Waals surface area contributed by atoms with Crippen molar-refractivity contribution < 1.29 is 0 Å². The third-order valence-corrected chi connectivity index (χ3v) is 7.20. The molecule has 2 N–H and O–H groups in total. The van der Waals surface area contributed by atoms with Crippen LogP contribution in [0.5, 0.6) is 0 Å². The van der Waals surface area contributed by atoms with Crippen molar-refractivity contribution in [3.05, 3.63) is 140 Å². The van der Waals surface area contributed by atoms with E-state index < -0.39 is 0 Å². The minimum atomic E-state index is 0.936. The molecule has 0 unspecified atom stereocenters. The molecule has 3 heteroatoms. The van der Waals surface area contributed by atoms with Crippen LogP contribution in [-0.4, -0.2) is 19.1 Å². The number of nitrogens with one attached hydrogen (secondary N) is 2. The number of hydrogen-bond donors (Lipinski definition) is 2. The van der Waals surface area contributed by atoms with Crippen LogP contribution in [0.2, 0.25) is 0 Å². The molecule has 0 amide bonds. The van der Waals surface area contributed by atoms with E-state index in [-0.39, 0.29) is 0 Å². The van der Waals surface area contributed by atoms with Gasteiger partial charge in [0.1, 0.15) is 0 Å². The van der Waals surface area contributed by atoms with Gasteiger partial charge in [0, 0.05) is 36.6 Å². The molecule has 0 aliphatic rings. The molecule has 40 heavy (non-hydrogen) atoms. The number of benzene rings is 5. The van der Waals surface area contributed by atoms with Crippen LogP contribution < -0.4 is 10.6 Å². The Bertz CT molecular complexity index is 1630. The average Bonchev–Trinajstić information content (AvgIpc) is 3.05. The summed E-state index contributed by atoms with van der Waals surface area (Å²) in [5.41, 5.74) is 13.2. The first kappa shape index (κ1) is 25.1. The zero-order valence-electron chi connectivity index (χ0n) is 22.7. The fourth-order valence-electron chi connectivity index (χ4n) is 5.05. The highest BCUT2D eigenvalue weighted by Crippen LogP contribution is 2.36. The summed E-state index contributed by atoms with van der Waals surface area (Å²) in [5, 5.41) is 6.52. The van der Waals surface area contributed by atoms with Crippen LogP contribution in [0, 0.1) is 0 Å². The molecule has 5 aromatic carbocycles. The molecule has 0 aliphatic heterocycles. The Morgan fingerprint density at radius 3 is 1.15 bits per heavy atom. The molecule has 0 saturated carbocycles. The third-order valence-electron chi connectivity index (χ3n) is 7.20. The number of pyridine rings is 1. The summed E-state index contributed by atoms with van der Waals surface area (Å²) in [6, 6.07) is 49.3. The largest absolute Gasteiger partial charge is 0.388 e. The topological polar surface area (TPSA) is 37.0 Å². The van der Waals surface area contributed by atoms with Gasteiger partial charge in [0.2, 0.25) is 0 Å². The summed E-state index contributed by atoms with van der Waals surface area (Å²) in [6.45, 7) is 0. The highest BCUT2D eigenvalue weighted by molar-refractivity contribution is 5.84. The second-order valence-electron chi connectivity index (χ2n) is 9.82. The van der Waals surface area contributed by atoms with Crippen LogP contribution >= 0.6 is 0 Å². The number of hydrogen-bond acceptors (Lipinski definition) is 3. The van der Waals surface area contributed by atoms with Crippen LogP contribution in [-0.2, 0) is 0 Å². The summed E-state index contributed by atoms with van der Waals surface area (Å²) < 4.78 is 0. The van der Waals surface area contributed by atoms with Gasteiger partial charge in [-0.05, 0) is 88.0 Å². The van der Waals surface area contributed by atoms with E-state index in [4.69, 9.17) is 4.98 Å². The van der Waals surface area contributed by atoms with Crippen molar-refractivity contribution in [2.24, 2.45) is 0 Å². The standard InChI is InChI=1S/C37H31N3/c1-38-34-17-9-15-28(22-34)36-24-33(25-37(40-36)29-16-10-18-35(23-29)39-2)32-20-30(26-11-5-3-6-12-26)19-31(21-32)27-13-7-4-8-14-27/h3-25,38-39H,1-2H3. The summed E-state index contributed by atoms with van der Waals surface area (Å²) >= 11 is 0. The molecule has 3 nitrogen and oxygen atoms in total. The number of rotatable bonds is 7. The quantitative estimate of drug-likeness (QED) is 0.221. The maximum atomic E-state index is 5.16. The van der Waals surface area contributed by atoms with Gasteiger partial charge >= 0.3 is 0 Å². The lowest BCUT2D eigenvalue weighted by Crippen LogP contribution is -1.94. The highest BCUT2D eigenvalue weighted by atomic mass is 14.8. The second kappa shape index (κ2) is 11.3. The van der Waals surface area contributed by atoms with Gasteiger partial charge in [-0.3, -0.25) is 0 Å². The summed E-state index contributed by atoms with van der Waals surface area (Å²) in [4.78, 5) is 5.16. The van der Waals surface area contributed by atoms with Crippen LogP contribution in [0.1, 0.15) is 0 Å². The van der Waals surface area contributed by atoms with Gasteiger partial charge in [-0.15, -0.1) is 0 Å². The molecule has 0 radical (unpaired) electrons. The van der Waals surface area contributed by atoms with Crippen molar-refractivity contribution in [2.75, 3.05) is 24.7 Å². The fraction of sp³-hybridized carbons (Fsp3) is 0.0541. The first-order valence-corrected chi connectivity index (χ1v) is 13.5. The summed E-state index contributed by atoms with van der Waals surface area (Å²) in [6.07, 6.45) is 0. The minimum absolute atomic E-state index is 0.936. The fourth-order valence-corrected chi connectivity index (χ4v) is 5.05. The molecule has 0 aliphatic carbocycles. The summed E-state index contributed by atoms with van der Waals surface area (Å²) in [5.74, 6) is 0. The lowest BCUT2D eigenvalue weighted by molar-refractivity contribution is 1.32. The van der Waals surface area contributed by atoms with Crippen molar-refractivity contribution in [1.29, 1.82) is 0 Å². The lowest BCUT2D eigenvalue weighted by atomic mass is 9.92. The number of aromatic nitrogens is 1. The Kier molecular flexibility index (Phi) is 7.11. The van der Waals surface area contributed by atoms with E-state index in [0.717, 1.165) is 45.0 Å². The van der Waals surface area contributed by atoms with E-state index in [0.29, 0.717) is 0 Å². The van der Waals surface area contributed by atoms with E-state index in [2.05, 4.69) is 150 Å².